The number of hydrogen-bond donors (Lipinski definition) is 0. The van der Waals surface area contributed by atoms with Gasteiger partial charge in [-0.1, -0.05) is 203 Å². The lowest BCUT2D eigenvalue weighted by Gasteiger charge is -2.18. The lowest BCUT2D eigenvalue weighted by molar-refractivity contribution is -0.167. The molecule has 61 heavy (non-hydrogen) atoms. The van der Waals surface area contributed by atoms with Crippen molar-refractivity contribution < 1.29 is 28.6 Å². The van der Waals surface area contributed by atoms with E-state index in [1.165, 1.54) is 77.0 Å². The molecule has 0 heterocycles. The van der Waals surface area contributed by atoms with Gasteiger partial charge in [0.15, 0.2) is 6.10 Å². The van der Waals surface area contributed by atoms with Crippen LogP contribution >= 0.6 is 0 Å². The Morgan fingerprint density at radius 1 is 0.344 bits per heavy atom. The van der Waals surface area contributed by atoms with Gasteiger partial charge in [0.25, 0.3) is 0 Å². The normalized spacial score (nSPS) is 12.6. The van der Waals surface area contributed by atoms with Crippen molar-refractivity contribution in [3.63, 3.8) is 0 Å². The topological polar surface area (TPSA) is 78.9 Å². The maximum absolute atomic E-state index is 12.8. The Bertz CT molecular complexity index is 1160. The minimum absolute atomic E-state index is 0.0888. The number of hydrogen-bond acceptors (Lipinski definition) is 6. The van der Waals surface area contributed by atoms with Crippen molar-refractivity contribution in [2.75, 3.05) is 13.2 Å². The minimum atomic E-state index is -0.791. The lowest BCUT2D eigenvalue weighted by Crippen LogP contribution is -2.30. The molecule has 0 aliphatic heterocycles. The maximum atomic E-state index is 12.8. The third-order valence-corrected chi connectivity index (χ3v) is 10.7. The number of rotatable bonds is 45. The fourth-order valence-electron chi connectivity index (χ4n) is 6.87. The number of esters is 3. The summed E-state index contributed by atoms with van der Waals surface area (Å²) in [6.45, 7) is 6.46. The van der Waals surface area contributed by atoms with E-state index in [0.717, 1.165) is 122 Å². The van der Waals surface area contributed by atoms with Crippen LogP contribution in [0.4, 0.5) is 0 Å². The smallest absolute Gasteiger partial charge is 0.306 e. The molecule has 0 aliphatic carbocycles. The van der Waals surface area contributed by atoms with Gasteiger partial charge in [0, 0.05) is 19.3 Å². The molecule has 0 aliphatic rings. The predicted molar refractivity (Wildman–Crippen MR) is 261 cm³/mol. The van der Waals surface area contributed by atoms with Gasteiger partial charge in [-0.05, 0) is 89.9 Å². The monoisotopic (exact) mass is 851 g/mol. The van der Waals surface area contributed by atoms with Gasteiger partial charge in [0.1, 0.15) is 13.2 Å². The third kappa shape index (κ3) is 47.7. The van der Waals surface area contributed by atoms with Crippen molar-refractivity contribution in [2.45, 2.75) is 245 Å². The lowest BCUT2D eigenvalue weighted by atomic mass is 10.1. The van der Waals surface area contributed by atoms with Crippen molar-refractivity contribution in [3.8, 4) is 0 Å². The fraction of sp³-hybridized carbons (Fsp3) is 0.727. The van der Waals surface area contributed by atoms with Crippen LogP contribution in [0.25, 0.3) is 0 Å². The quantitative estimate of drug-likeness (QED) is 0.0263. The molecule has 6 nitrogen and oxygen atoms in total. The van der Waals surface area contributed by atoms with Gasteiger partial charge in [-0.2, -0.15) is 0 Å². The van der Waals surface area contributed by atoms with Crippen LogP contribution in [0.15, 0.2) is 72.9 Å². The summed E-state index contributed by atoms with van der Waals surface area (Å²) < 4.78 is 16.8. The molecule has 0 unspecified atom stereocenters. The van der Waals surface area contributed by atoms with Crippen molar-refractivity contribution in [3.05, 3.63) is 72.9 Å². The van der Waals surface area contributed by atoms with Gasteiger partial charge in [-0.3, -0.25) is 14.4 Å². The van der Waals surface area contributed by atoms with E-state index >= 15 is 0 Å². The largest absolute Gasteiger partial charge is 0.462 e. The van der Waals surface area contributed by atoms with Crippen molar-refractivity contribution >= 4 is 17.9 Å². The second-order valence-corrected chi connectivity index (χ2v) is 16.7. The Morgan fingerprint density at radius 2 is 0.639 bits per heavy atom. The summed E-state index contributed by atoms with van der Waals surface area (Å²) in [4.78, 5) is 37.9. The highest BCUT2D eigenvalue weighted by atomic mass is 16.6. The highest BCUT2D eigenvalue weighted by Gasteiger charge is 2.19. The molecule has 6 heteroatoms. The average molecular weight is 851 g/mol. The van der Waals surface area contributed by atoms with Gasteiger partial charge in [0.05, 0.1) is 0 Å². The third-order valence-electron chi connectivity index (χ3n) is 10.7. The van der Waals surface area contributed by atoms with E-state index < -0.39 is 6.10 Å². The van der Waals surface area contributed by atoms with Gasteiger partial charge >= 0.3 is 17.9 Å². The fourth-order valence-corrected chi connectivity index (χ4v) is 6.87. The van der Waals surface area contributed by atoms with E-state index in [-0.39, 0.29) is 31.1 Å². The molecule has 0 radical (unpaired) electrons. The molecule has 0 aromatic heterocycles. The molecule has 0 saturated heterocycles. The Kier molecular flexibility index (Phi) is 46.9. The van der Waals surface area contributed by atoms with Gasteiger partial charge < -0.3 is 14.2 Å². The predicted octanol–water partition coefficient (Wildman–Crippen LogP) is 16.6. The van der Waals surface area contributed by atoms with Crippen LogP contribution in [0, 0.1) is 0 Å². The first kappa shape index (κ1) is 57.9. The molecule has 0 amide bonds. The molecule has 0 spiro atoms. The van der Waals surface area contributed by atoms with Gasteiger partial charge in [-0.15, -0.1) is 0 Å². The summed E-state index contributed by atoms with van der Waals surface area (Å²) in [6, 6.07) is 0. The van der Waals surface area contributed by atoms with Crippen molar-refractivity contribution in [1.29, 1.82) is 0 Å². The summed E-state index contributed by atoms with van der Waals surface area (Å²) in [5.41, 5.74) is 0. The molecule has 1 atom stereocenters. The second-order valence-electron chi connectivity index (χ2n) is 16.7. The molecule has 0 saturated carbocycles. The summed E-state index contributed by atoms with van der Waals surface area (Å²) in [5, 5.41) is 0. The minimum Gasteiger partial charge on any atom is -0.462 e. The highest BCUT2D eigenvalue weighted by molar-refractivity contribution is 5.71. The Hall–Kier alpha value is -3.15. The van der Waals surface area contributed by atoms with E-state index in [0.29, 0.717) is 19.3 Å². The maximum Gasteiger partial charge on any atom is 0.306 e. The van der Waals surface area contributed by atoms with Gasteiger partial charge in [-0.25, -0.2) is 0 Å². The Morgan fingerprint density at radius 3 is 1.03 bits per heavy atom. The number of carbonyl (C=O) groups is 3. The van der Waals surface area contributed by atoms with E-state index in [1.807, 2.05) is 0 Å². The average Bonchev–Trinajstić information content (AvgIpc) is 3.26. The Labute approximate surface area is 376 Å². The standard InChI is InChI=1S/C55H94O6/c1-4-7-10-13-16-19-22-24-26-27-29-31-34-37-40-43-46-49-55(58)61-52(50-59-53(56)47-44-41-38-35-32-21-18-15-12-9-6-3)51-60-54(57)48-45-42-39-36-33-30-28-25-23-20-17-14-11-8-5-2/h7,10,16-17,19-20,24-26,28-29,31,52H,4-6,8-9,11-15,18,21-23,27,30,32-51H2,1-3H3/b10-7-,19-16-,20-17-,26-24-,28-25-,31-29-/t52-/m0/s1. The molecule has 0 aromatic rings. The van der Waals surface area contributed by atoms with Crippen LogP contribution in [0.2, 0.25) is 0 Å². The summed E-state index contributed by atoms with van der Waals surface area (Å²) in [6.07, 6.45) is 61.6. The summed E-state index contributed by atoms with van der Waals surface area (Å²) in [5.74, 6) is -0.927. The Balaban J connectivity index is 4.44. The zero-order valence-corrected chi connectivity index (χ0v) is 39.9. The van der Waals surface area contributed by atoms with E-state index in [9.17, 15) is 14.4 Å². The first-order valence-electron chi connectivity index (χ1n) is 25.4. The molecule has 0 N–H and O–H groups in total. The number of unbranched alkanes of at least 4 members (excludes halogenated alkanes) is 22. The molecule has 0 bridgehead atoms. The van der Waals surface area contributed by atoms with Crippen LogP contribution in [-0.4, -0.2) is 37.2 Å². The molecule has 0 fully saturated rings. The van der Waals surface area contributed by atoms with Crippen LogP contribution in [-0.2, 0) is 28.6 Å². The molecule has 0 aromatic carbocycles. The molecular weight excluding hydrogens is 757 g/mol. The first-order chi connectivity index (χ1) is 30.0. The molecule has 350 valence electrons. The van der Waals surface area contributed by atoms with Gasteiger partial charge in [0.2, 0.25) is 0 Å². The van der Waals surface area contributed by atoms with E-state index in [1.54, 1.807) is 0 Å². The van der Waals surface area contributed by atoms with Crippen molar-refractivity contribution in [2.24, 2.45) is 0 Å². The summed E-state index contributed by atoms with van der Waals surface area (Å²) >= 11 is 0. The first-order valence-corrected chi connectivity index (χ1v) is 25.4. The number of ether oxygens (including phenoxy) is 3. The van der Waals surface area contributed by atoms with Crippen LogP contribution in [0.5, 0.6) is 0 Å². The number of carbonyl (C=O) groups excluding carboxylic acids is 3. The number of allylic oxidation sites excluding steroid dienone is 12. The van der Waals surface area contributed by atoms with E-state index in [2.05, 4.69) is 93.7 Å². The van der Waals surface area contributed by atoms with Crippen LogP contribution in [0.1, 0.15) is 239 Å². The molecular formula is C55H94O6. The molecule has 0 rings (SSSR count). The summed E-state index contributed by atoms with van der Waals surface area (Å²) in [7, 11) is 0. The van der Waals surface area contributed by atoms with Crippen LogP contribution < -0.4 is 0 Å². The SMILES string of the molecule is CC/C=C\C/C=C\C/C=C\C/C=C\CCCCCCC(=O)O[C@H](COC(=O)CCCCCCC/C=C\C/C=C\CCCCC)COC(=O)CCCCCCCCCCCCC. The zero-order chi connectivity index (χ0) is 44.4. The zero-order valence-electron chi connectivity index (χ0n) is 39.9. The van der Waals surface area contributed by atoms with E-state index in [4.69, 9.17) is 14.2 Å². The van der Waals surface area contributed by atoms with Crippen molar-refractivity contribution in [1.82, 2.24) is 0 Å². The van der Waals surface area contributed by atoms with Crippen LogP contribution in [0.3, 0.4) is 0 Å². The second kappa shape index (κ2) is 49.5. The highest BCUT2D eigenvalue weighted by Crippen LogP contribution is 2.14.